The van der Waals surface area contributed by atoms with Gasteiger partial charge in [0.15, 0.2) is 11.2 Å². The van der Waals surface area contributed by atoms with Crippen molar-refractivity contribution in [2.75, 3.05) is 11.6 Å². The Hall–Kier alpha value is -3.42. The van der Waals surface area contributed by atoms with E-state index in [-0.39, 0.29) is 17.8 Å². The van der Waals surface area contributed by atoms with E-state index in [4.69, 9.17) is 0 Å². The predicted molar refractivity (Wildman–Crippen MR) is 115 cm³/mol. The summed E-state index contributed by atoms with van der Waals surface area (Å²) in [4.78, 5) is 30.9. The summed E-state index contributed by atoms with van der Waals surface area (Å²) in [5, 5.41) is 6.31. The molecule has 1 aliphatic rings. The molecule has 0 N–H and O–H groups in total. The zero-order valence-corrected chi connectivity index (χ0v) is 17.1. The molecule has 0 atom stereocenters. The van der Waals surface area contributed by atoms with Crippen molar-refractivity contribution in [1.82, 2.24) is 18.7 Å². The molecule has 3 aromatic rings. The van der Waals surface area contributed by atoms with Crippen LogP contribution in [-0.2, 0) is 20.1 Å². The maximum Gasteiger partial charge on any atom is 0.332 e. The minimum absolute atomic E-state index is 0.220. The average molecular weight is 392 g/mol. The SMILES string of the molecule is CC=CCN1N=C(C)Cn2c1nc1c2c(=O)n(Cc2ccc(C)cc2)c(=O)n1C. The quantitative estimate of drug-likeness (QED) is 0.637. The van der Waals surface area contributed by atoms with Gasteiger partial charge in [0.25, 0.3) is 5.56 Å². The molecule has 1 aliphatic heterocycles. The minimum Gasteiger partial charge on any atom is -0.297 e. The van der Waals surface area contributed by atoms with Gasteiger partial charge in [0.2, 0.25) is 5.95 Å². The van der Waals surface area contributed by atoms with Gasteiger partial charge in [0, 0.05) is 7.05 Å². The molecule has 0 spiro atoms. The molecule has 0 radical (unpaired) electrons. The topological polar surface area (TPSA) is 77.4 Å². The maximum atomic E-state index is 13.3. The van der Waals surface area contributed by atoms with Gasteiger partial charge in [-0.3, -0.25) is 18.5 Å². The molecule has 8 heteroatoms. The van der Waals surface area contributed by atoms with Crippen molar-refractivity contribution in [3.8, 4) is 0 Å². The fraction of sp³-hybridized carbons (Fsp3) is 0.333. The van der Waals surface area contributed by atoms with Crippen LogP contribution in [0.1, 0.15) is 25.0 Å². The van der Waals surface area contributed by atoms with Crippen LogP contribution < -0.4 is 16.3 Å². The van der Waals surface area contributed by atoms with Gasteiger partial charge in [0.05, 0.1) is 25.3 Å². The largest absolute Gasteiger partial charge is 0.332 e. The first-order chi connectivity index (χ1) is 13.9. The average Bonchev–Trinajstić information content (AvgIpc) is 3.08. The molecule has 0 aliphatic carbocycles. The highest BCUT2D eigenvalue weighted by Crippen LogP contribution is 2.23. The highest BCUT2D eigenvalue weighted by atomic mass is 16.2. The van der Waals surface area contributed by atoms with Gasteiger partial charge in [-0.2, -0.15) is 10.1 Å². The molecular formula is C21H24N6O2. The Kier molecular flexibility index (Phi) is 4.70. The number of aromatic nitrogens is 4. The zero-order valence-electron chi connectivity index (χ0n) is 17.1. The number of rotatable bonds is 4. The van der Waals surface area contributed by atoms with E-state index in [0.717, 1.165) is 16.8 Å². The summed E-state index contributed by atoms with van der Waals surface area (Å²) in [5.41, 5.74) is 3.00. The molecule has 3 heterocycles. The van der Waals surface area contributed by atoms with Crippen LogP contribution in [0, 0.1) is 6.92 Å². The van der Waals surface area contributed by atoms with Gasteiger partial charge in [-0.25, -0.2) is 9.80 Å². The molecular weight excluding hydrogens is 368 g/mol. The van der Waals surface area contributed by atoms with E-state index in [9.17, 15) is 9.59 Å². The predicted octanol–water partition coefficient (Wildman–Crippen LogP) is 2.03. The lowest BCUT2D eigenvalue weighted by molar-refractivity contribution is 0.653. The van der Waals surface area contributed by atoms with Gasteiger partial charge in [-0.15, -0.1) is 0 Å². The van der Waals surface area contributed by atoms with Gasteiger partial charge in [0.1, 0.15) is 0 Å². The molecule has 0 amide bonds. The van der Waals surface area contributed by atoms with E-state index in [2.05, 4.69) is 10.1 Å². The number of hydrazone groups is 1. The molecule has 2 aromatic heterocycles. The number of aryl methyl sites for hydroxylation is 2. The molecule has 29 heavy (non-hydrogen) atoms. The third-order valence-corrected chi connectivity index (χ3v) is 5.10. The fourth-order valence-corrected chi connectivity index (χ4v) is 3.56. The highest BCUT2D eigenvalue weighted by molar-refractivity contribution is 5.87. The Bertz CT molecular complexity index is 1260. The van der Waals surface area contributed by atoms with Crippen LogP contribution in [0.2, 0.25) is 0 Å². The summed E-state index contributed by atoms with van der Waals surface area (Å²) in [6.45, 7) is 7.10. The zero-order chi connectivity index (χ0) is 20.7. The number of nitrogens with zero attached hydrogens (tertiary/aromatic N) is 6. The van der Waals surface area contributed by atoms with Crippen LogP contribution in [-0.4, -0.2) is 30.9 Å². The summed E-state index contributed by atoms with van der Waals surface area (Å²) in [5.74, 6) is 0.573. The number of imidazole rings is 1. The van der Waals surface area contributed by atoms with Crippen LogP contribution in [0.4, 0.5) is 5.95 Å². The van der Waals surface area contributed by atoms with Crippen molar-refractivity contribution in [1.29, 1.82) is 0 Å². The molecule has 150 valence electrons. The van der Waals surface area contributed by atoms with Crippen molar-refractivity contribution < 1.29 is 0 Å². The summed E-state index contributed by atoms with van der Waals surface area (Å²) in [6.07, 6.45) is 3.91. The van der Waals surface area contributed by atoms with Crippen molar-refractivity contribution in [3.05, 3.63) is 68.4 Å². The molecule has 1 aromatic carbocycles. The van der Waals surface area contributed by atoms with E-state index in [1.165, 1.54) is 9.13 Å². The Morgan fingerprint density at radius 3 is 2.55 bits per heavy atom. The lowest BCUT2D eigenvalue weighted by Crippen LogP contribution is -2.40. The Labute approximate surface area is 168 Å². The van der Waals surface area contributed by atoms with Crippen molar-refractivity contribution in [2.24, 2.45) is 12.1 Å². The Morgan fingerprint density at radius 1 is 1.14 bits per heavy atom. The molecule has 0 bridgehead atoms. The monoisotopic (exact) mass is 392 g/mol. The second-order valence-electron chi connectivity index (χ2n) is 7.38. The van der Waals surface area contributed by atoms with Crippen LogP contribution in [0.15, 0.2) is 51.1 Å². The normalized spacial score (nSPS) is 13.9. The molecule has 8 nitrogen and oxygen atoms in total. The number of hydrogen-bond acceptors (Lipinski definition) is 5. The highest BCUT2D eigenvalue weighted by Gasteiger charge is 2.26. The summed E-state index contributed by atoms with van der Waals surface area (Å²) in [6, 6.07) is 7.83. The van der Waals surface area contributed by atoms with Gasteiger partial charge >= 0.3 is 5.69 Å². The summed E-state index contributed by atoms with van der Waals surface area (Å²) < 4.78 is 4.58. The van der Waals surface area contributed by atoms with E-state index in [1.807, 2.05) is 61.8 Å². The van der Waals surface area contributed by atoms with Gasteiger partial charge < -0.3 is 0 Å². The second-order valence-corrected chi connectivity index (χ2v) is 7.38. The number of fused-ring (bicyclic) bond motifs is 3. The lowest BCUT2D eigenvalue weighted by Gasteiger charge is -2.23. The van der Waals surface area contributed by atoms with Crippen LogP contribution in [0.3, 0.4) is 0 Å². The van der Waals surface area contributed by atoms with E-state index in [1.54, 1.807) is 12.1 Å². The second kappa shape index (κ2) is 7.20. The Balaban J connectivity index is 1.91. The molecule has 0 saturated heterocycles. The Morgan fingerprint density at radius 2 is 1.86 bits per heavy atom. The number of allylic oxidation sites excluding steroid dienone is 1. The van der Waals surface area contributed by atoms with E-state index >= 15 is 0 Å². The van der Waals surface area contributed by atoms with E-state index < -0.39 is 0 Å². The lowest BCUT2D eigenvalue weighted by atomic mass is 10.1. The number of hydrogen-bond donors (Lipinski definition) is 0. The first-order valence-corrected chi connectivity index (χ1v) is 9.59. The van der Waals surface area contributed by atoms with Crippen molar-refractivity contribution >= 4 is 22.8 Å². The minimum atomic E-state index is -0.379. The number of anilines is 1. The van der Waals surface area contributed by atoms with E-state index in [0.29, 0.717) is 30.2 Å². The third kappa shape index (κ3) is 3.20. The molecule has 4 rings (SSSR count). The third-order valence-electron chi connectivity index (χ3n) is 5.10. The fourth-order valence-electron chi connectivity index (χ4n) is 3.56. The standard InChI is InChI=1S/C21H24N6O2/c1-5-6-11-27-20-22-18-17(25(20)12-15(3)23-27)19(28)26(21(29)24(18)4)13-16-9-7-14(2)8-10-16/h5-10H,11-13H2,1-4H3. The first-order valence-electron chi connectivity index (χ1n) is 9.59. The van der Waals surface area contributed by atoms with Gasteiger partial charge in [-0.05, 0) is 26.3 Å². The van der Waals surface area contributed by atoms with Crippen LogP contribution in [0.5, 0.6) is 0 Å². The van der Waals surface area contributed by atoms with Crippen LogP contribution in [0.25, 0.3) is 11.2 Å². The van der Waals surface area contributed by atoms with Crippen LogP contribution >= 0.6 is 0 Å². The summed E-state index contributed by atoms with van der Waals surface area (Å²) >= 11 is 0. The summed E-state index contributed by atoms with van der Waals surface area (Å²) in [7, 11) is 1.65. The molecule has 0 fully saturated rings. The molecule has 0 unspecified atom stereocenters. The number of benzene rings is 1. The smallest absolute Gasteiger partial charge is 0.297 e. The maximum absolute atomic E-state index is 13.3. The first kappa shape index (κ1) is 18.9. The van der Waals surface area contributed by atoms with Crippen molar-refractivity contribution in [3.63, 3.8) is 0 Å². The van der Waals surface area contributed by atoms with Crippen molar-refractivity contribution in [2.45, 2.75) is 33.9 Å². The van der Waals surface area contributed by atoms with Gasteiger partial charge in [-0.1, -0.05) is 42.0 Å². The molecule has 0 saturated carbocycles.